The van der Waals surface area contributed by atoms with Crippen LogP contribution in [0.3, 0.4) is 0 Å². The molecule has 0 atom stereocenters. The van der Waals surface area contributed by atoms with Gasteiger partial charge < -0.3 is 10.0 Å². The highest BCUT2D eigenvalue weighted by molar-refractivity contribution is 9.10. The molecular formula is C13H10BBrN2O2. The zero-order chi connectivity index (χ0) is 13.4. The van der Waals surface area contributed by atoms with Crippen molar-refractivity contribution >= 4 is 39.8 Å². The van der Waals surface area contributed by atoms with Gasteiger partial charge in [0.05, 0.1) is 11.0 Å². The van der Waals surface area contributed by atoms with E-state index in [1.165, 1.54) is 0 Å². The summed E-state index contributed by atoms with van der Waals surface area (Å²) in [7, 11) is -1.62. The van der Waals surface area contributed by atoms with Gasteiger partial charge in [-0.05, 0) is 30.3 Å². The van der Waals surface area contributed by atoms with Crippen molar-refractivity contribution in [1.82, 2.24) is 9.55 Å². The van der Waals surface area contributed by atoms with Crippen molar-refractivity contribution in [1.29, 1.82) is 0 Å². The van der Waals surface area contributed by atoms with Gasteiger partial charge in [-0.15, -0.1) is 0 Å². The molecule has 0 aliphatic rings. The van der Waals surface area contributed by atoms with Crippen molar-refractivity contribution in [3.63, 3.8) is 0 Å². The van der Waals surface area contributed by atoms with Gasteiger partial charge in [0.2, 0.25) is 0 Å². The Labute approximate surface area is 118 Å². The second-order valence-corrected chi connectivity index (χ2v) is 5.06. The van der Waals surface area contributed by atoms with E-state index >= 15 is 0 Å². The maximum Gasteiger partial charge on any atom is 0.526 e. The lowest BCUT2D eigenvalue weighted by atomic mass is 9.90. The number of nitrogens with zero attached hydrogens (tertiary/aromatic N) is 2. The van der Waals surface area contributed by atoms with Crippen molar-refractivity contribution in [3.8, 4) is 5.69 Å². The van der Waals surface area contributed by atoms with Crippen LogP contribution in [0.15, 0.2) is 53.0 Å². The largest absolute Gasteiger partial charge is 0.526 e. The fourth-order valence-corrected chi connectivity index (χ4v) is 2.44. The predicted molar refractivity (Wildman–Crippen MR) is 78.6 cm³/mol. The lowest BCUT2D eigenvalue weighted by Crippen LogP contribution is -2.37. The number of hydrogen-bond acceptors (Lipinski definition) is 3. The van der Waals surface area contributed by atoms with Gasteiger partial charge in [0.15, 0.2) is 0 Å². The van der Waals surface area contributed by atoms with Gasteiger partial charge in [-0.1, -0.05) is 34.1 Å². The van der Waals surface area contributed by atoms with Gasteiger partial charge in [0, 0.05) is 10.2 Å². The quantitative estimate of drug-likeness (QED) is 0.704. The molecule has 0 aliphatic carbocycles. The highest BCUT2D eigenvalue weighted by atomic mass is 79.9. The van der Waals surface area contributed by atoms with E-state index in [0.29, 0.717) is 5.52 Å². The minimum Gasteiger partial charge on any atom is -0.421 e. The summed E-state index contributed by atoms with van der Waals surface area (Å²) in [6.45, 7) is 0. The Bertz CT molecular complexity index is 728. The molecule has 4 nitrogen and oxygen atoms in total. The summed E-state index contributed by atoms with van der Waals surface area (Å²) in [5.41, 5.74) is 2.59. The number of benzene rings is 2. The fourth-order valence-electron chi connectivity index (χ4n) is 2.09. The maximum absolute atomic E-state index is 9.50. The minimum absolute atomic E-state index is 0.208. The van der Waals surface area contributed by atoms with E-state index in [2.05, 4.69) is 20.9 Å². The highest BCUT2D eigenvalue weighted by Crippen LogP contribution is 2.21. The molecule has 0 bridgehead atoms. The van der Waals surface area contributed by atoms with E-state index in [-0.39, 0.29) is 5.72 Å². The Morgan fingerprint density at radius 1 is 1.05 bits per heavy atom. The SMILES string of the molecule is OB(O)c1nc2cc(Br)ccc2n1-c1ccccc1. The van der Waals surface area contributed by atoms with Crippen molar-refractivity contribution in [2.24, 2.45) is 0 Å². The molecule has 0 saturated heterocycles. The molecule has 6 heteroatoms. The molecule has 2 aromatic carbocycles. The normalized spacial score (nSPS) is 10.9. The number of imidazole rings is 1. The summed E-state index contributed by atoms with van der Waals surface area (Å²) in [5, 5.41) is 19.0. The maximum atomic E-state index is 9.50. The monoisotopic (exact) mass is 316 g/mol. The second kappa shape index (κ2) is 4.81. The minimum atomic E-state index is -1.62. The van der Waals surface area contributed by atoms with Crippen LogP contribution in [0.25, 0.3) is 16.7 Å². The first-order chi connectivity index (χ1) is 9.16. The first-order valence-corrected chi connectivity index (χ1v) is 6.55. The van der Waals surface area contributed by atoms with Gasteiger partial charge in [0.1, 0.15) is 5.72 Å². The van der Waals surface area contributed by atoms with Crippen LogP contribution in [0.5, 0.6) is 0 Å². The second-order valence-electron chi connectivity index (χ2n) is 4.15. The summed E-state index contributed by atoms with van der Waals surface area (Å²) < 4.78 is 2.64. The molecule has 19 heavy (non-hydrogen) atoms. The van der Waals surface area contributed by atoms with E-state index in [1.807, 2.05) is 48.5 Å². The van der Waals surface area contributed by atoms with Crippen LogP contribution in [-0.4, -0.2) is 26.7 Å². The summed E-state index contributed by atoms with van der Waals surface area (Å²) >= 11 is 3.39. The van der Waals surface area contributed by atoms with E-state index in [1.54, 1.807) is 4.57 Å². The van der Waals surface area contributed by atoms with Crippen LogP contribution in [0, 0.1) is 0 Å². The van der Waals surface area contributed by atoms with Crippen LogP contribution in [0.2, 0.25) is 0 Å². The van der Waals surface area contributed by atoms with Crippen LogP contribution < -0.4 is 5.72 Å². The standard InChI is InChI=1S/C13H10BBrN2O2/c15-9-6-7-12-11(8-9)16-13(14(18)19)17(12)10-4-2-1-3-5-10/h1-8,18-19H. The number of aromatic nitrogens is 2. The molecule has 0 unspecified atom stereocenters. The van der Waals surface area contributed by atoms with Gasteiger partial charge >= 0.3 is 7.12 Å². The van der Waals surface area contributed by atoms with E-state index in [9.17, 15) is 10.0 Å². The molecule has 0 radical (unpaired) electrons. The molecular weight excluding hydrogens is 307 g/mol. The van der Waals surface area contributed by atoms with Crippen molar-refractivity contribution in [2.75, 3.05) is 0 Å². The Kier molecular flexibility index (Phi) is 3.14. The first-order valence-electron chi connectivity index (χ1n) is 5.76. The summed E-state index contributed by atoms with van der Waals surface area (Å²) in [6.07, 6.45) is 0. The molecule has 0 saturated carbocycles. The lowest BCUT2D eigenvalue weighted by Gasteiger charge is -2.08. The molecule has 0 fully saturated rings. The number of fused-ring (bicyclic) bond motifs is 1. The predicted octanol–water partition coefficient (Wildman–Crippen LogP) is 1.47. The zero-order valence-electron chi connectivity index (χ0n) is 9.86. The third-order valence-corrected chi connectivity index (χ3v) is 3.38. The van der Waals surface area contributed by atoms with Gasteiger partial charge in [-0.2, -0.15) is 0 Å². The third-order valence-electron chi connectivity index (χ3n) is 2.89. The molecule has 2 N–H and O–H groups in total. The van der Waals surface area contributed by atoms with E-state index in [4.69, 9.17) is 0 Å². The molecule has 0 aliphatic heterocycles. The molecule has 1 aromatic heterocycles. The number of hydrogen-bond donors (Lipinski definition) is 2. The first kappa shape index (κ1) is 12.4. The topological polar surface area (TPSA) is 58.3 Å². The molecule has 3 aromatic rings. The van der Waals surface area contributed by atoms with Gasteiger partial charge in [-0.3, -0.25) is 4.57 Å². The summed E-state index contributed by atoms with van der Waals surface area (Å²) in [5.74, 6) is 0. The van der Waals surface area contributed by atoms with Crippen LogP contribution in [0.4, 0.5) is 0 Å². The van der Waals surface area contributed by atoms with Crippen molar-refractivity contribution in [2.45, 2.75) is 0 Å². The summed E-state index contributed by atoms with van der Waals surface area (Å²) in [4.78, 5) is 4.28. The molecule has 94 valence electrons. The Morgan fingerprint density at radius 3 is 2.47 bits per heavy atom. The number of rotatable bonds is 2. The Balaban J connectivity index is 2.35. The fraction of sp³-hybridized carbons (Fsp3) is 0. The van der Waals surface area contributed by atoms with Crippen LogP contribution in [0.1, 0.15) is 0 Å². The Morgan fingerprint density at radius 2 is 1.79 bits per heavy atom. The average Bonchev–Trinajstić information content (AvgIpc) is 2.78. The Hall–Kier alpha value is -1.63. The number of para-hydroxylation sites is 1. The van der Waals surface area contributed by atoms with Gasteiger partial charge in [-0.25, -0.2) is 4.98 Å². The van der Waals surface area contributed by atoms with E-state index < -0.39 is 7.12 Å². The lowest BCUT2D eigenvalue weighted by molar-refractivity contribution is 0.422. The molecule has 3 rings (SSSR count). The van der Waals surface area contributed by atoms with Crippen LogP contribution >= 0.6 is 15.9 Å². The van der Waals surface area contributed by atoms with E-state index in [0.717, 1.165) is 15.7 Å². The summed E-state index contributed by atoms with van der Waals surface area (Å²) in [6, 6.07) is 15.1. The van der Waals surface area contributed by atoms with Crippen molar-refractivity contribution in [3.05, 3.63) is 53.0 Å². The third kappa shape index (κ3) is 2.18. The molecule has 1 heterocycles. The average molecular weight is 317 g/mol. The van der Waals surface area contributed by atoms with Crippen LogP contribution in [-0.2, 0) is 0 Å². The number of halogens is 1. The molecule has 0 spiro atoms. The molecule has 0 amide bonds. The zero-order valence-corrected chi connectivity index (χ0v) is 11.4. The van der Waals surface area contributed by atoms with Crippen molar-refractivity contribution < 1.29 is 10.0 Å². The highest BCUT2D eigenvalue weighted by Gasteiger charge is 2.22. The van der Waals surface area contributed by atoms with Gasteiger partial charge in [0.25, 0.3) is 0 Å². The smallest absolute Gasteiger partial charge is 0.421 e.